The average molecular weight is 338 g/mol. The largest absolute Gasteiger partial charge is 0.454 e. The average Bonchev–Trinajstić information content (AvgIpc) is 3.20. The predicted octanol–water partition coefficient (Wildman–Crippen LogP) is 2.25. The molecule has 0 aromatic heterocycles. The lowest BCUT2D eigenvalue weighted by Crippen LogP contribution is -2.30. The van der Waals surface area contributed by atoms with Crippen LogP contribution in [0.5, 0.6) is 11.5 Å². The minimum absolute atomic E-state index is 0.0281. The van der Waals surface area contributed by atoms with E-state index >= 15 is 0 Å². The van der Waals surface area contributed by atoms with Crippen LogP contribution in [0.1, 0.15) is 33.9 Å². The van der Waals surface area contributed by atoms with E-state index in [2.05, 4.69) is 5.32 Å². The third kappa shape index (κ3) is 2.91. The fraction of sp³-hybridized carbons (Fsp3) is 0.263. The fourth-order valence-electron chi connectivity index (χ4n) is 3.21. The molecule has 1 unspecified atom stereocenters. The van der Waals surface area contributed by atoms with Crippen molar-refractivity contribution in [2.75, 3.05) is 13.8 Å². The number of benzene rings is 2. The second-order valence-corrected chi connectivity index (χ2v) is 6.25. The molecule has 2 amide bonds. The number of carbonyl (C=O) groups excluding carboxylic acids is 2. The molecule has 0 saturated carbocycles. The van der Waals surface area contributed by atoms with Crippen LogP contribution < -0.4 is 14.8 Å². The summed E-state index contributed by atoms with van der Waals surface area (Å²) in [5.74, 6) is 1.28. The van der Waals surface area contributed by atoms with Gasteiger partial charge in [0.15, 0.2) is 11.5 Å². The highest BCUT2D eigenvalue weighted by Gasteiger charge is 2.30. The highest BCUT2D eigenvalue weighted by atomic mass is 16.7. The molecule has 1 atom stereocenters. The van der Waals surface area contributed by atoms with Gasteiger partial charge >= 0.3 is 0 Å². The van der Waals surface area contributed by atoms with E-state index in [9.17, 15) is 9.59 Å². The molecule has 4 rings (SSSR count). The van der Waals surface area contributed by atoms with Gasteiger partial charge in [0.2, 0.25) is 12.7 Å². The van der Waals surface area contributed by atoms with Crippen LogP contribution >= 0.6 is 0 Å². The van der Waals surface area contributed by atoms with Gasteiger partial charge in [-0.2, -0.15) is 0 Å². The quantitative estimate of drug-likeness (QED) is 0.928. The summed E-state index contributed by atoms with van der Waals surface area (Å²) in [6, 6.07) is 12.8. The molecule has 128 valence electrons. The van der Waals surface area contributed by atoms with Crippen molar-refractivity contribution in [2.24, 2.45) is 0 Å². The first-order valence-corrected chi connectivity index (χ1v) is 8.14. The Morgan fingerprint density at radius 1 is 1.20 bits per heavy atom. The van der Waals surface area contributed by atoms with Crippen LogP contribution in [0.4, 0.5) is 0 Å². The minimum atomic E-state index is -0.268. The van der Waals surface area contributed by atoms with Gasteiger partial charge in [0.05, 0.1) is 12.5 Å². The van der Waals surface area contributed by atoms with Crippen molar-refractivity contribution in [3.05, 3.63) is 59.2 Å². The highest BCUT2D eigenvalue weighted by Crippen LogP contribution is 2.33. The van der Waals surface area contributed by atoms with Crippen LogP contribution in [0.15, 0.2) is 42.5 Å². The number of ether oxygens (including phenoxy) is 2. The number of fused-ring (bicyclic) bond motifs is 2. The van der Waals surface area contributed by atoms with E-state index in [1.54, 1.807) is 18.0 Å². The predicted molar refractivity (Wildman–Crippen MR) is 90.3 cm³/mol. The lowest BCUT2D eigenvalue weighted by Gasteiger charge is -2.20. The zero-order chi connectivity index (χ0) is 17.4. The summed E-state index contributed by atoms with van der Waals surface area (Å²) < 4.78 is 10.7. The molecule has 0 aliphatic carbocycles. The van der Waals surface area contributed by atoms with E-state index in [1.165, 1.54) is 0 Å². The summed E-state index contributed by atoms with van der Waals surface area (Å²) >= 11 is 0. The summed E-state index contributed by atoms with van der Waals surface area (Å²) in [6.07, 6.45) is 0.240. The van der Waals surface area contributed by atoms with Crippen molar-refractivity contribution in [2.45, 2.75) is 19.0 Å². The van der Waals surface area contributed by atoms with Crippen molar-refractivity contribution in [1.82, 2.24) is 10.2 Å². The molecule has 2 aromatic carbocycles. The maximum absolute atomic E-state index is 12.6. The number of amides is 2. The molecule has 0 fully saturated rings. The number of hydrogen-bond acceptors (Lipinski definition) is 4. The Balaban J connectivity index is 1.42. The van der Waals surface area contributed by atoms with E-state index in [0.29, 0.717) is 17.9 Å². The molecule has 25 heavy (non-hydrogen) atoms. The third-order valence-electron chi connectivity index (χ3n) is 4.55. The maximum atomic E-state index is 12.6. The second-order valence-electron chi connectivity index (χ2n) is 6.25. The molecular formula is C19H18N2O4. The molecular weight excluding hydrogens is 320 g/mol. The summed E-state index contributed by atoms with van der Waals surface area (Å²) in [6.45, 7) is 0.701. The molecule has 1 N–H and O–H groups in total. The summed E-state index contributed by atoms with van der Waals surface area (Å²) in [5.41, 5.74) is 2.51. The van der Waals surface area contributed by atoms with Gasteiger partial charge in [-0.05, 0) is 29.3 Å². The van der Waals surface area contributed by atoms with Crippen molar-refractivity contribution in [3.63, 3.8) is 0 Å². The van der Waals surface area contributed by atoms with E-state index in [1.807, 2.05) is 36.4 Å². The number of rotatable bonds is 4. The summed E-state index contributed by atoms with van der Waals surface area (Å²) in [5, 5.41) is 2.88. The van der Waals surface area contributed by atoms with Gasteiger partial charge in [0.25, 0.3) is 5.91 Å². The van der Waals surface area contributed by atoms with Crippen LogP contribution in [0, 0.1) is 0 Å². The molecule has 2 aliphatic heterocycles. The maximum Gasteiger partial charge on any atom is 0.252 e. The molecule has 0 saturated heterocycles. The summed E-state index contributed by atoms with van der Waals surface area (Å²) in [7, 11) is 1.76. The lowest BCUT2D eigenvalue weighted by atomic mass is 10.0. The van der Waals surface area contributed by atoms with Gasteiger partial charge in [0.1, 0.15) is 0 Å². The Kier molecular flexibility index (Phi) is 3.80. The molecule has 6 nitrogen and oxygen atoms in total. The first-order chi connectivity index (χ1) is 12.1. The van der Waals surface area contributed by atoms with Gasteiger partial charge in [0, 0.05) is 19.2 Å². The van der Waals surface area contributed by atoms with Gasteiger partial charge in [-0.1, -0.05) is 24.3 Å². The molecule has 0 spiro atoms. The van der Waals surface area contributed by atoms with Crippen LogP contribution in [0.2, 0.25) is 0 Å². The second kappa shape index (κ2) is 6.12. The van der Waals surface area contributed by atoms with E-state index in [4.69, 9.17) is 9.47 Å². The Bertz CT molecular complexity index is 849. The van der Waals surface area contributed by atoms with Crippen molar-refractivity contribution < 1.29 is 19.1 Å². The van der Waals surface area contributed by atoms with E-state index in [0.717, 1.165) is 16.9 Å². The zero-order valence-corrected chi connectivity index (χ0v) is 13.8. The smallest absolute Gasteiger partial charge is 0.252 e. The SMILES string of the molecule is CN(Cc1ccc2c(c1)OCO2)C(=O)CC1NC(=O)c2ccccc21. The Morgan fingerprint density at radius 3 is 2.88 bits per heavy atom. The monoisotopic (exact) mass is 338 g/mol. The van der Waals surface area contributed by atoms with Gasteiger partial charge < -0.3 is 19.7 Å². The highest BCUT2D eigenvalue weighted by molar-refractivity contribution is 5.99. The van der Waals surface area contributed by atoms with Crippen LogP contribution in [-0.2, 0) is 11.3 Å². The Labute approximate surface area is 145 Å². The van der Waals surface area contributed by atoms with Gasteiger partial charge in [-0.15, -0.1) is 0 Å². The van der Waals surface area contributed by atoms with Crippen LogP contribution in [-0.4, -0.2) is 30.6 Å². The Morgan fingerprint density at radius 2 is 2.00 bits per heavy atom. The Hall–Kier alpha value is -3.02. The van der Waals surface area contributed by atoms with Gasteiger partial charge in [-0.25, -0.2) is 0 Å². The fourth-order valence-corrected chi connectivity index (χ4v) is 3.21. The summed E-state index contributed by atoms with van der Waals surface area (Å²) in [4.78, 5) is 26.2. The molecule has 2 aliphatic rings. The van der Waals surface area contributed by atoms with Crippen molar-refractivity contribution in [3.8, 4) is 11.5 Å². The van der Waals surface area contributed by atoms with Crippen LogP contribution in [0.25, 0.3) is 0 Å². The molecule has 2 heterocycles. The molecule has 2 aromatic rings. The topological polar surface area (TPSA) is 67.9 Å². The minimum Gasteiger partial charge on any atom is -0.454 e. The lowest BCUT2D eigenvalue weighted by molar-refractivity contribution is -0.130. The number of carbonyl (C=O) groups is 2. The normalized spacial score (nSPS) is 17.2. The molecule has 6 heteroatoms. The number of nitrogens with zero attached hydrogens (tertiary/aromatic N) is 1. The van der Waals surface area contributed by atoms with E-state index in [-0.39, 0.29) is 31.1 Å². The number of nitrogens with one attached hydrogen (secondary N) is 1. The number of hydrogen-bond donors (Lipinski definition) is 1. The van der Waals surface area contributed by atoms with Crippen molar-refractivity contribution in [1.29, 1.82) is 0 Å². The first kappa shape index (κ1) is 15.5. The van der Waals surface area contributed by atoms with Crippen molar-refractivity contribution >= 4 is 11.8 Å². The van der Waals surface area contributed by atoms with E-state index < -0.39 is 0 Å². The van der Waals surface area contributed by atoms with Gasteiger partial charge in [-0.3, -0.25) is 9.59 Å². The first-order valence-electron chi connectivity index (χ1n) is 8.14. The molecule has 0 bridgehead atoms. The third-order valence-corrected chi connectivity index (χ3v) is 4.55. The standard InChI is InChI=1S/C19H18N2O4/c1-21(10-12-6-7-16-17(8-12)25-11-24-16)18(22)9-15-13-4-2-3-5-14(13)19(23)20-15/h2-8,15H,9-11H2,1H3,(H,20,23). The molecule has 0 radical (unpaired) electrons. The van der Waals surface area contributed by atoms with Crippen LogP contribution in [0.3, 0.4) is 0 Å². The zero-order valence-electron chi connectivity index (χ0n) is 13.8.